The van der Waals surface area contributed by atoms with E-state index in [9.17, 15) is 0 Å². The molecule has 1 aromatic rings. The summed E-state index contributed by atoms with van der Waals surface area (Å²) >= 11 is 3.42. The van der Waals surface area contributed by atoms with E-state index in [4.69, 9.17) is 9.84 Å². The van der Waals surface area contributed by atoms with Crippen LogP contribution in [-0.2, 0) is 0 Å². The summed E-state index contributed by atoms with van der Waals surface area (Å²) in [7, 11) is 0. The minimum Gasteiger partial charge on any atom is -0.493 e. The van der Waals surface area contributed by atoms with Crippen LogP contribution >= 0.6 is 15.9 Å². The van der Waals surface area contributed by atoms with Crippen molar-refractivity contribution >= 4 is 22.0 Å². The minimum atomic E-state index is 0.0603. The van der Waals surface area contributed by atoms with Crippen LogP contribution in [0, 0.1) is 0 Å². The summed E-state index contributed by atoms with van der Waals surface area (Å²) < 4.78 is 6.31. The lowest BCUT2D eigenvalue weighted by Gasteiger charge is -2.05. The Labute approximate surface area is 92.3 Å². The first-order valence-electron chi connectivity index (χ1n) is 4.47. The molecule has 1 aromatic carbocycles. The number of aliphatic hydroxyl groups excluding tert-OH is 1. The maximum atomic E-state index is 8.61. The summed E-state index contributed by atoms with van der Waals surface area (Å²) in [5.74, 6) is 0.841. The number of halogens is 1. The van der Waals surface area contributed by atoms with Crippen molar-refractivity contribution in [2.24, 2.45) is 0 Å². The monoisotopic (exact) mass is 256 g/mol. The third-order valence-electron chi connectivity index (χ3n) is 1.67. The topological polar surface area (TPSA) is 29.5 Å². The summed E-state index contributed by atoms with van der Waals surface area (Å²) in [5.41, 5.74) is 1.04. The molecule has 0 unspecified atom stereocenters. The molecule has 0 aliphatic heterocycles. The van der Waals surface area contributed by atoms with Crippen molar-refractivity contribution in [1.29, 1.82) is 0 Å². The Bertz CT molecular complexity index is 321. The van der Waals surface area contributed by atoms with Crippen molar-refractivity contribution in [3.05, 3.63) is 34.3 Å². The second kappa shape index (κ2) is 5.83. The van der Waals surface area contributed by atoms with Crippen LogP contribution in [0.25, 0.3) is 6.08 Å². The second-order valence-corrected chi connectivity index (χ2v) is 3.56. The van der Waals surface area contributed by atoms with Gasteiger partial charge in [-0.15, -0.1) is 0 Å². The quantitative estimate of drug-likeness (QED) is 0.898. The van der Waals surface area contributed by atoms with E-state index in [0.717, 1.165) is 15.8 Å². The Morgan fingerprint density at radius 1 is 1.50 bits per heavy atom. The molecule has 14 heavy (non-hydrogen) atoms. The molecule has 0 bridgehead atoms. The van der Waals surface area contributed by atoms with E-state index in [2.05, 4.69) is 15.9 Å². The molecular weight excluding hydrogens is 244 g/mol. The maximum absolute atomic E-state index is 8.61. The van der Waals surface area contributed by atoms with E-state index in [1.165, 1.54) is 0 Å². The van der Waals surface area contributed by atoms with Gasteiger partial charge in [-0.05, 0) is 40.5 Å². The zero-order valence-corrected chi connectivity index (χ0v) is 9.62. The third-order valence-corrected chi connectivity index (χ3v) is 2.29. The van der Waals surface area contributed by atoms with Gasteiger partial charge in [0.15, 0.2) is 0 Å². The van der Waals surface area contributed by atoms with Crippen molar-refractivity contribution in [1.82, 2.24) is 0 Å². The molecule has 0 fully saturated rings. The van der Waals surface area contributed by atoms with Crippen molar-refractivity contribution in [3.63, 3.8) is 0 Å². The number of hydrogen-bond acceptors (Lipinski definition) is 2. The molecule has 0 aliphatic carbocycles. The van der Waals surface area contributed by atoms with Gasteiger partial charge in [0, 0.05) is 0 Å². The van der Waals surface area contributed by atoms with Crippen LogP contribution in [0.3, 0.4) is 0 Å². The van der Waals surface area contributed by atoms with E-state index in [0.29, 0.717) is 6.61 Å². The van der Waals surface area contributed by atoms with E-state index >= 15 is 0 Å². The highest BCUT2D eigenvalue weighted by Gasteiger charge is 1.99. The maximum Gasteiger partial charge on any atom is 0.133 e. The molecule has 0 atom stereocenters. The van der Waals surface area contributed by atoms with E-state index in [-0.39, 0.29) is 6.61 Å². The number of hydrogen-bond donors (Lipinski definition) is 1. The Hall–Kier alpha value is -0.800. The predicted octanol–water partition coefficient (Wildman–Crippen LogP) is 2.85. The number of benzene rings is 1. The minimum absolute atomic E-state index is 0.0603. The fourth-order valence-electron chi connectivity index (χ4n) is 1.08. The summed E-state index contributed by atoms with van der Waals surface area (Å²) in [6.07, 6.45) is 3.56. The first kappa shape index (κ1) is 11.3. The van der Waals surface area contributed by atoms with Gasteiger partial charge in [0.1, 0.15) is 5.75 Å². The van der Waals surface area contributed by atoms with Gasteiger partial charge in [-0.25, -0.2) is 0 Å². The lowest BCUT2D eigenvalue weighted by atomic mass is 10.2. The molecule has 0 spiro atoms. The smallest absolute Gasteiger partial charge is 0.133 e. The van der Waals surface area contributed by atoms with Gasteiger partial charge in [0.2, 0.25) is 0 Å². The second-order valence-electron chi connectivity index (χ2n) is 2.71. The fourth-order valence-corrected chi connectivity index (χ4v) is 1.59. The van der Waals surface area contributed by atoms with Crippen LogP contribution in [0.2, 0.25) is 0 Å². The zero-order valence-electron chi connectivity index (χ0n) is 8.03. The van der Waals surface area contributed by atoms with E-state index in [1.54, 1.807) is 6.08 Å². The first-order chi connectivity index (χ1) is 6.77. The predicted molar refractivity (Wildman–Crippen MR) is 61.4 cm³/mol. The highest BCUT2D eigenvalue weighted by molar-refractivity contribution is 9.10. The molecule has 3 heteroatoms. The normalized spacial score (nSPS) is 10.8. The summed E-state index contributed by atoms with van der Waals surface area (Å²) in [4.78, 5) is 0. The molecule has 76 valence electrons. The van der Waals surface area contributed by atoms with Crippen molar-refractivity contribution in [3.8, 4) is 5.75 Å². The lowest BCUT2D eigenvalue weighted by Crippen LogP contribution is -1.92. The lowest BCUT2D eigenvalue weighted by molar-refractivity contribution is 0.338. The number of rotatable bonds is 4. The molecule has 0 amide bonds. The Morgan fingerprint density at radius 3 is 2.86 bits per heavy atom. The summed E-state index contributed by atoms with van der Waals surface area (Å²) in [5, 5.41) is 8.61. The molecule has 1 rings (SSSR count). The Kier molecular flexibility index (Phi) is 4.70. The highest BCUT2D eigenvalue weighted by Crippen LogP contribution is 2.26. The average molecular weight is 257 g/mol. The molecule has 2 nitrogen and oxygen atoms in total. The summed E-state index contributed by atoms with van der Waals surface area (Å²) in [6.45, 7) is 2.67. The van der Waals surface area contributed by atoms with Crippen molar-refractivity contribution in [2.45, 2.75) is 6.92 Å². The van der Waals surface area contributed by atoms with Crippen molar-refractivity contribution in [2.75, 3.05) is 13.2 Å². The van der Waals surface area contributed by atoms with Gasteiger partial charge in [-0.2, -0.15) is 0 Å². The van der Waals surface area contributed by atoms with Crippen LogP contribution in [0.1, 0.15) is 12.5 Å². The van der Waals surface area contributed by atoms with Gasteiger partial charge in [0.25, 0.3) is 0 Å². The molecule has 1 N–H and O–H groups in total. The van der Waals surface area contributed by atoms with Crippen LogP contribution < -0.4 is 4.74 Å². The van der Waals surface area contributed by atoms with Crippen LogP contribution in [0.15, 0.2) is 28.7 Å². The van der Waals surface area contributed by atoms with E-state index < -0.39 is 0 Å². The van der Waals surface area contributed by atoms with Gasteiger partial charge < -0.3 is 9.84 Å². The van der Waals surface area contributed by atoms with Gasteiger partial charge in [-0.3, -0.25) is 0 Å². The molecule has 0 aromatic heterocycles. The Morgan fingerprint density at radius 2 is 2.29 bits per heavy atom. The van der Waals surface area contributed by atoms with Crippen LogP contribution in [-0.4, -0.2) is 18.3 Å². The number of ether oxygens (including phenoxy) is 1. The zero-order chi connectivity index (χ0) is 10.4. The largest absolute Gasteiger partial charge is 0.493 e. The first-order valence-corrected chi connectivity index (χ1v) is 5.27. The van der Waals surface area contributed by atoms with Gasteiger partial charge >= 0.3 is 0 Å². The molecule has 0 saturated heterocycles. The van der Waals surface area contributed by atoms with Crippen molar-refractivity contribution < 1.29 is 9.84 Å². The van der Waals surface area contributed by atoms with Gasteiger partial charge in [0.05, 0.1) is 17.7 Å². The van der Waals surface area contributed by atoms with Crippen LogP contribution in [0.5, 0.6) is 5.75 Å². The highest BCUT2D eigenvalue weighted by atomic mass is 79.9. The average Bonchev–Trinajstić information content (AvgIpc) is 2.19. The molecule has 0 radical (unpaired) electrons. The third kappa shape index (κ3) is 3.16. The standard InChI is InChI=1S/C11H13BrO2/c1-2-14-11-6-5-9(4-3-7-13)8-10(11)12/h3-6,8,13H,2,7H2,1H3. The van der Waals surface area contributed by atoms with Gasteiger partial charge in [-0.1, -0.05) is 18.2 Å². The SMILES string of the molecule is CCOc1ccc(C=CCO)cc1Br. The van der Waals surface area contributed by atoms with E-state index in [1.807, 2.05) is 31.2 Å². The van der Waals surface area contributed by atoms with Crippen LogP contribution in [0.4, 0.5) is 0 Å². The molecule has 0 aliphatic rings. The number of aliphatic hydroxyl groups is 1. The fraction of sp³-hybridized carbons (Fsp3) is 0.273. The Balaban J connectivity index is 2.83. The molecular formula is C11H13BrO2. The molecule has 0 saturated carbocycles. The summed E-state index contributed by atoms with van der Waals surface area (Å²) in [6, 6.07) is 5.81. The molecule has 0 heterocycles.